The summed E-state index contributed by atoms with van der Waals surface area (Å²) in [5, 5.41) is 0. The molecule has 1 aliphatic heterocycles. The van der Waals surface area contributed by atoms with Crippen LogP contribution in [-0.2, 0) is 22.5 Å². The summed E-state index contributed by atoms with van der Waals surface area (Å²) in [7, 11) is 0. The standard InChI is InChI=1S/C19H22O2/c1-3-7-16(8-4-1)11-12-18(19-13-14-20-19)21-15-17-9-5-2-6-10-17/h1-10,18-19H,11-15H2. The van der Waals surface area contributed by atoms with Crippen LogP contribution < -0.4 is 0 Å². The number of rotatable bonds is 7. The predicted octanol–water partition coefficient (Wildman–Crippen LogP) is 3.99. The van der Waals surface area contributed by atoms with Gasteiger partial charge in [-0.25, -0.2) is 0 Å². The Morgan fingerprint density at radius 2 is 1.57 bits per heavy atom. The summed E-state index contributed by atoms with van der Waals surface area (Å²) in [6.45, 7) is 1.54. The average Bonchev–Trinajstić information content (AvgIpc) is 2.50. The Morgan fingerprint density at radius 3 is 2.14 bits per heavy atom. The SMILES string of the molecule is c1ccc(CCC(OCc2ccccc2)C2CCO2)cc1. The van der Waals surface area contributed by atoms with E-state index in [-0.39, 0.29) is 12.2 Å². The molecule has 2 aromatic carbocycles. The molecule has 2 atom stereocenters. The fourth-order valence-electron chi connectivity index (χ4n) is 2.65. The van der Waals surface area contributed by atoms with Crippen LogP contribution in [-0.4, -0.2) is 18.8 Å². The quantitative estimate of drug-likeness (QED) is 0.764. The highest BCUT2D eigenvalue weighted by Gasteiger charge is 2.28. The van der Waals surface area contributed by atoms with Crippen LogP contribution in [0.2, 0.25) is 0 Å². The molecular weight excluding hydrogens is 260 g/mol. The van der Waals surface area contributed by atoms with E-state index >= 15 is 0 Å². The monoisotopic (exact) mass is 282 g/mol. The van der Waals surface area contributed by atoms with Crippen molar-refractivity contribution >= 4 is 0 Å². The lowest BCUT2D eigenvalue weighted by Crippen LogP contribution is -2.40. The maximum Gasteiger partial charge on any atom is 0.0858 e. The van der Waals surface area contributed by atoms with E-state index in [1.165, 1.54) is 11.1 Å². The maximum absolute atomic E-state index is 6.13. The topological polar surface area (TPSA) is 18.5 Å². The summed E-state index contributed by atoms with van der Waals surface area (Å²) in [6.07, 6.45) is 3.65. The van der Waals surface area contributed by atoms with Gasteiger partial charge in [0.1, 0.15) is 0 Å². The number of benzene rings is 2. The third-order valence-electron chi connectivity index (χ3n) is 4.02. The van der Waals surface area contributed by atoms with E-state index in [2.05, 4.69) is 54.6 Å². The molecule has 0 aromatic heterocycles. The Kier molecular flexibility index (Phi) is 5.03. The van der Waals surface area contributed by atoms with Crippen molar-refractivity contribution < 1.29 is 9.47 Å². The zero-order valence-corrected chi connectivity index (χ0v) is 12.3. The molecule has 1 fully saturated rings. The zero-order valence-electron chi connectivity index (χ0n) is 12.3. The molecule has 0 aliphatic carbocycles. The van der Waals surface area contributed by atoms with E-state index in [4.69, 9.17) is 9.47 Å². The van der Waals surface area contributed by atoms with Crippen molar-refractivity contribution in [2.45, 2.75) is 38.1 Å². The van der Waals surface area contributed by atoms with Crippen molar-refractivity contribution in [1.82, 2.24) is 0 Å². The first-order valence-corrected chi connectivity index (χ1v) is 7.73. The second-order valence-electron chi connectivity index (χ2n) is 5.56. The lowest BCUT2D eigenvalue weighted by molar-refractivity contribution is -0.143. The highest BCUT2D eigenvalue weighted by atomic mass is 16.6. The van der Waals surface area contributed by atoms with Gasteiger partial charge in [0.05, 0.1) is 18.8 Å². The highest BCUT2D eigenvalue weighted by Crippen LogP contribution is 2.23. The predicted molar refractivity (Wildman–Crippen MR) is 84.1 cm³/mol. The van der Waals surface area contributed by atoms with E-state index < -0.39 is 0 Å². The fraction of sp³-hybridized carbons (Fsp3) is 0.368. The van der Waals surface area contributed by atoms with E-state index in [0.29, 0.717) is 6.61 Å². The first-order valence-electron chi connectivity index (χ1n) is 7.73. The van der Waals surface area contributed by atoms with Gasteiger partial charge in [-0.15, -0.1) is 0 Å². The maximum atomic E-state index is 6.13. The molecule has 2 unspecified atom stereocenters. The molecule has 0 amide bonds. The molecule has 0 bridgehead atoms. The normalized spacial score (nSPS) is 19.0. The van der Waals surface area contributed by atoms with Crippen LogP contribution in [0.5, 0.6) is 0 Å². The fourth-order valence-corrected chi connectivity index (χ4v) is 2.65. The first kappa shape index (κ1) is 14.3. The summed E-state index contributed by atoms with van der Waals surface area (Å²) in [5.41, 5.74) is 2.59. The van der Waals surface area contributed by atoms with Gasteiger partial charge in [0.15, 0.2) is 0 Å². The van der Waals surface area contributed by atoms with Crippen LogP contribution in [0.3, 0.4) is 0 Å². The molecular formula is C19H22O2. The summed E-state index contributed by atoms with van der Waals surface area (Å²) >= 11 is 0. The van der Waals surface area contributed by atoms with Crippen molar-refractivity contribution in [2.24, 2.45) is 0 Å². The first-order chi connectivity index (χ1) is 10.4. The molecule has 3 rings (SSSR count). The van der Waals surface area contributed by atoms with Gasteiger partial charge < -0.3 is 9.47 Å². The third-order valence-corrected chi connectivity index (χ3v) is 4.02. The molecule has 0 saturated carbocycles. The van der Waals surface area contributed by atoms with Crippen molar-refractivity contribution in [3.63, 3.8) is 0 Å². The van der Waals surface area contributed by atoms with Crippen molar-refractivity contribution in [3.8, 4) is 0 Å². The Morgan fingerprint density at radius 1 is 0.952 bits per heavy atom. The lowest BCUT2D eigenvalue weighted by atomic mass is 9.99. The van der Waals surface area contributed by atoms with Gasteiger partial charge in [0.2, 0.25) is 0 Å². The zero-order chi connectivity index (χ0) is 14.3. The molecule has 0 spiro atoms. The van der Waals surface area contributed by atoms with Gasteiger partial charge in [-0.1, -0.05) is 60.7 Å². The summed E-state index contributed by atoms with van der Waals surface area (Å²) in [4.78, 5) is 0. The molecule has 1 aliphatic rings. The van der Waals surface area contributed by atoms with E-state index in [9.17, 15) is 0 Å². The van der Waals surface area contributed by atoms with Gasteiger partial charge in [0, 0.05) is 6.61 Å². The Bertz CT molecular complexity index is 476. The van der Waals surface area contributed by atoms with Gasteiger partial charge >= 0.3 is 0 Å². The van der Waals surface area contributed by atoms with Gasteiger partial charge in [-0.2, -0.15) is 0 Å². The number of ether oxygens (including phenoxy) is 2. The lowest BCUT2D eigenvalue weighted by Gasteiger charge is -2.34. The van der Waals surface area contributed by atoms with Crippen molar-refractivity contribution in [2.75, 3.05) is 6.61 Å². The van der Waals surface area contributed by atoms with Gasteiger partial charge in [0.25, 0.3) is 0 Å². The number of aryl methyl sites for hydroxylation is 1. The summed E-state index contributed by atoms with van der Waals surface area (Å²) in [6, 6.07) is 20.9. The van der Waals surface area contributed by atoms with Crippen molar-refractivity contribution in [1.29, 1.82) is 0 Å². The highest BCUT2D eigenvalue weighted by molar-refractivity contribution is 5.15. The molecule has 110 valence electrons. The van der Waals surface area contributed by atoms with Crippen LogP contribution in [0.25, 0.3) is 0 Å². The molecule has 1 saturated heterocycles. The van der Waals surface area contributed by atoms with Crippen LogP contribution in [0, 0.1) is 0 Å². The molecule has 2 aromatic rings. The van der Waals surface area contributed by atoms with Crippen LogP contribution >= 0.6 is 0 Å². The van der Waals surface area contributed by atoms with Gasteiger partial charge in [-0.05, 0) is 30.4 Å². The minimum absolute atomic E-state index is 0.194. The second kappa shape index (κ2) is 7.39. The second-order valence-corrected chi connectivity index (χ2v) is 5.56. The molecule has 21 heavy (non-hydrogen) atoms. The van der Waals surface area contributed by atoms with E-state index in [1.807, 2.05) is 6.07 Å². The Hall–Kier alpha value is -1.64. The Balaban J connectivity index is 1.54. The molecule has 2 nitrogen and oxygen atoms in total. The largest absolute Gasteiger partial charge is 0.375 e. The number of hydrogen-bond donors (Lipinski definition) is 0. The summed E-state index contributed by atoms with van der Waals surface area (Å²) < 4.78 is 11.8. The van der Waals surface area contributed by atoms with Gasteiger partial charge in [-0.3, -0.25) is 0 Å². The molecule has 0 radical (unpaired) electrons. The Labute approximate surface area is 126 Å². The molecule has 1 heterocycles. The summed E-state index contributed by atoms with van der Waals surface area (Å²) in [5.74, 6) is 0. The minimum atomic E-state index is 0.194. The smallest absolute Gasteiger partial charge is 0.0858 e. The van der Waals surface area contributed by atoms with Crippen LogP contribution in [0.1, 0.15) is 24.0 Å². The van der Waals surface area contributed by atoms with Crippen molar-refractivity contribution in [3.05, 3.63) is 71.8 Å². The van der Waals surface area contributed by atoms with Crippen LogP contribution in [0.4, 0.5) is 0 Å². The average molecular weight is 282 g/mol. The molecule has 0 N–H and O–H groups in total. The third kappa shape index (κ3) is 4.16. The minimum Gasteiger partial charge on any atom is -0.375 e. The molecule has 2 heteroatoms. The van der Waals surface area contributed by atoms with Crippen LogP contribution in [0.15, 0.2) is 60.7 Å². The van der Waals surface area contributed by atoms with E-state index in [0.717, 1.165) is 25.9 Å². The number of hydrogen-bond acceptors (Lipinski definition) is 2. The van der Waals surface area contributed by atoms with E-state index in [1.54, 1.807) is 0 Å².